The van der Waals surface area contributed by atoms with Gasteiger partial charge in [0.05, 0.1) is 22.7 Å². The van der Waals surface area contributed by atoms with Crippen LogP contribution in [0.5, 0.6) is 0 Å². The lowest BCUT2D eigenvalue weighted by atomic mass is 10.1. The minimum absolute atomic E-state index is 0.0704. The van der Waals surface area contributed by atoms with Crippen LogP contribution in [0.4, 0.5) is 11.4 Å². The Kier molecular flexibility index (Phi) is 3.11. The summed E-state index contributed by atoms with van der Waals surface area (Å²) in [4.78, 5) is 21.1. The molecule has 1 aromatic carbocycles. The molecule has 0 bridgehead atoms. The first-order chi connectivity index (χ1) is 6.99. The zero-order valence-electron chi connectivity index (χ0n) is 7.69. The number of carbonyl (C=O) groups is 1. The van der Waals surface area contributed by atoms with E-state index in [9.17, 15) is 14.9 Å². The lowest BCUT2D eigenvalue weighted by Crippen LogP contribution is -2.09. The van der Waals surface area contributed by atoms with Gasteiger partial charge in [0.1, 0.15) is 0 Å². The first-order valence-electron chi connectivity index (χ1n) is 3.79. The summed E-state index contributed by atoms with van der Waals surface area (Å²) in [6.07, 6.45) is 0. The molecule has 7 heteroatoms. The number of anilines is 1. The van der Waals surface area contributed by atoms with Gasteiger partial charge in [0.25, 0.3) is 5.69 Å². The lowest BCUT2D eigenvalue weighted by molar-refractivity contribution is -0.385. The quantitative estimate of drug-likeness (QED) is 0.360. The van der Waals surface area contributed by atoms with E-state index in [1.54, 1.807) is 0 Å². The number of ether oxygens (including phenoxy) is 1. The van der Waals surface area contributed by atoms with Crippen LogP contribution < -0.4 is 5.73 Å². The highest BCUT2D eigenvalue weighted by atomic mass is 35.5. The summed E-state index contributed by atoms with van der Waals surface area (Å²) in [7, 11) is 1.10. The Bertz CT molecular complexity index is 433. The van der Waals surface area contributed by atoms with E-state index < -0.39 is 16.6 Å². The number of methoxy groups -OCH3 is 1. The van der Waals surface area contributed by atoms with Crippen molar-refractivity contribution in [1.29, 1.82) is 0 Å². The molecule has 0 atom stereocenters. The number of hydrogen-bond acceptors (Lipinski definition) is 5. The zero-order chi connectivity index (χ0) is 11.6. The first kappa shape index (κ1) is 11.3. The molecule has 0 unspecified atom stereocenters. The molecule has 0 spiro atoms. The van der Waals surface area contributed by atoms with Crippen LogP contribution in [0.15, 0.2) is 12.1 Å². The molecule has 0 fully saturated rings. The maximum absolute atomic E-state index is 11.2. The van der Waals surface area contributed by atoms with E-state index in [4.69, 9.17) is 17.3 Å². The Labute approximate surface area is 89.7 Å². The van der Waals surface area contributed by atoms with Crippen molar-refractivity contribution in [3.8, 4) is 0 Å². The summed E-state index contributed by atoms with van der Waals surface area (Å²) in [5, 5.41) is 10.7. The number of carbonyl (C=O) groups excluding carboxylic acids is 1. The summed E-state index contributed by atoms with van der Waals surface area (Å²) in [6, 6.07) is 2.35. The second kappa shape index (κ2) is 4.14. The van der Waals surface area contributed by atoms with Crippen LogP contribution in [0.1, 0.15) is 10.4 Å². The number of hydrogen-bond donors (Lipinski definition) is 1. The Hall–Kier alpha value is -1.82. The van der Waals surface area contributed by atoms with Gasteiger partial charge in [0.2, 0.25) is 0 Å². The van der Waals surface area contributed by atoms with E-state index in [0.29, 0.717) is 0 Å². The number of nitro benzene ring substituents is 1. The Morgan fingerprint density at radius 2 is 2.20 bits per heavy atom. The molecule has 1 rings (SSSR count). The minimum atomic E-state index is -0.887. The number of nitrogens with zero attached hydrogens (tertiary/aromatic N) is 1. The maximum atomic E-state index is 11.2. The fourth-order valence-electron chi connectivity index (χ4n) is 1.05. The van der Waals surface area contributed by atoms with Crippen molar-refractivity contribution >= 4 is 28.9 Å². The van der Waals surface area contributed by atoms with Crippen LogP contribution in [0.3, 0.4) is 0 Å². The SMILES string of the molecule is COC(=O)c1c([N+](=O)[O-])ccc(Cl)c1N. The molecule has 0 aromatic heterocycles. The topological polar surface area (TPSA) is 95.5 Å². The summed E-state index contributed by atoms with van der Waals surface area (Å²) < 4.78 is 4.38. The van der Waals surface area contributed by atoms with Gasteiger partial charge in [-0.25, -0.2) is 4.79 Å². The molecule has 15 heavy (non-hydrogen) atoms. The Morgan fingerprint density at radius 1 is 1.60 bits per heavy atom. The number of halogens is 1. The van der Waals surface area contributed by atoms with Gasteiger partial charge in [-0.15, -0.1) is 0 Å². The van der Waals surface area contributed by atoms with E-state index >= 15 is 0 Å². The fraction of sp³-hybridized carbons (Fsp3) is 0.125. The third-order valence-corrected chi connectivity index (χ3v) is 2.09. The standard InChI is InChI=1S/C8H7ClN2O4/c1-15-8(12)6-5(11(13)14)3-2-4(9)7(6)10/h2-3H,10H2,1H3. The smallest absolute Gasteiger partial charge is 0.347 e. The highest BCUT2D eigenvalue weighted by Crippen LogP contribution is 2.31. The summed E-state index contributed by atoms with van der Waals surface area (Å²) in [5.74, 6) is -0.887. The summed E-state index contributed by atoms with van der Waals surface area (Å²) in [6.45, 7) is 0. The molecule has 0 amide bonds. The number of esters is 1. The molecule has 1 aromatic rings. The largest absolute Gasteiger partial charge is 0.465 e. The van der Waals surface area contributed by atoms with Crippen molar-refractivity contribution in [2.45, 2.75) is 0 Å². The number of nitrogen functional groups attached to an aromatic ring is 1. The molecule has 0 saturated carbocycles. The van der Waals surface area contributed by atoms with Gasteiger partial charge in [-0.05, 0) is 6.07 Å². The third kappa shape index (κ3) is 1.99. The van der Waals surface area contributed by atoms with E-state index in [0.717, 1.165) is 13.2 Å². The van der Waals surface area contributed by atoms with E-state index in [-0.39, 0.29) is 16.3 Å². The highest BCUT2D eigenvalue weighted by molar-refractivity contribution is 6.34. The van der Waals surface area contributed by atoms with Crippen LogP contribution in [-0.2, 0) is 4.74 Å². The predicted octanol–water partition coefficient (Wildman–Crippen LogP) is 1.62. The molecule has 0 aliphatic rings. The van der Waals surface area contributed by atoms with Crippen LogP contribution >= 0.6 is 11.6 Å². The Morgan fingerprint density at radius 3 is 2.67 bits per heavy atom. The molecule has 2 N–H and O–H groups in total. The van der Waals surface area contributed by atoms with E-state index in [1.807, 2.05) is 0 Å². The van der Waals surface area contributed by atoms with Crippen molar-refractivity contribution in [2.24, 2.45) is 0 Å². The predicted molar refractivity (Wildman–Crippen MR) is 53.9 cm³/mol. The van der Waals surface area contributed by atoms with Crippen molar-refractivity contribution in [3.63, 3.8) is 0 Å². The van der Waals surface area contributed by atoms with Gasteiger partial charge in [0, 0.05) is 6.07 Å². The van der Waals surface area contributed by atoms with Crippen LogP contribution in [0.2, 0.25) is 5.02 Å². The van der Waals surface area contributed by atoms with Crippen molar-refractivity contribution in [1.82, 2.24) is 0 Å². The van der Waals surface area contributed by atoms with Crippen LogP contribution in [0, 0.1) is 10.1 Å². The van der Waals surface area contributed by atoms with Gasteiger partial charge >= 0.3 is 5.97 Å². The number of nitro groups is 1. The minimum Gasteiger partial charge on any atom is -0.465 e. The molecule has 0 heterocycles. The monoisotopic (exact) mass is 230 g/mol. The van der Waals surface area contributed by atoms with Gasteiger partial charge in [-0.1, -0.05) is 11.6 Å². The third-order valence-electron chi connectivity index (χ3n) is 1.76. The average molecular weight is 231 g/mol. The van der Waals surface area contributed by atoms with Gasteiger partial charge < -0.3 is 10.5 Å². The van der Waals surface area contributed by atoms with Crippen molar-refractivity contribution in [2.75, 3.05) is 12.8 Å². The van der Waals surface area contributed by atoms with E-state index in [2.05, 4.69) is 4.74 Å². The molecule has 0 aliphatic heterocycles. The van der Waals surface area contributed by atoms with Crippen molar-refractivity contribution < 1.29 is 14.5 Å². The number of benzene rings is 1. The average Bonchev–Trinajstić information content (AvgIpc) is 2.20. The second-order valence-electron chi connectivity index (χ2n) is 2.60. The second-order valence-corrected chi connectivity index (χ2v) is 3.01. The normalized spacial score (nSPS) is 9.73. The van der Waals surface area contributed by atoms with Gasteiger partial charge in [-0.2, -0.15) is 0 Å². The molecule has 6 nitrogen and oxygen atoms in total. The van der Waals surface area contributed by atoms with Gasteiger partial charge in [-0.3, -0.25) is 10.1 Å². The maximum Gasteiger partial charge on any atom is 0.347 e. The lowest BCUT2D eigenvalue weighted by Gasteiger charge is -2.05. The molecule has 0 aliphatic carbocycles. The van der Waals surface area contributed by atoms with Crippen LogP contribution in [-0.4, -0.2) is 18.0 Å². The number of nitrogens with two attached hydrogens (primary N) is 1. The first-order valence-corrected chi connectivity index (χ1v) is 4.17. The van der Waals surface area contributed by atoms with Crippen molar-refractivity contribution in [3.05, 3.63) is 32.8 Å². The zero-order valence-corrected chi connectivity index (χ0v) is 8.45. The molecule has 80 valence electrons. The Balaban J connectivity index is 3.48. The molecule has 0 saturated heterocycles. The fourth-order valence-corrected chi connectivity index (χ4v) is 1.21. The molecule has 0 radical (unpaired) electrons. The summed E-state index contributed by atoms with van der Waals surface area (Å²) >= 11 is 5.64. The van der Waals surface area contributed by atoms with Crippen LogP contribution in [0.25, 0.3) is 0 Å². The molecular formula is C8H7ClN2O4. The van der Waals surface area contributed by atoms with Gasteiger partial charge in [0.15, 0.2) is 5.56 Å². The summed E-state index contributed by atoms with van der Waals surface area (Å²) in [5.41, 5.74) is 4.55. The molecular weight excluding hydrogens is 224 g/mol. The number of rotatable bonds is 2. The van der Waals surface area contributed by atoms with E-state index in [1.165, 1.54) is 6.07 Å². The highest BCUT2D eigenvalue weighted by Gasteiger charge is 2.25.